The Morgan fingerprint density at radius 2 is 2.18 bits per heavy atom. The van der Waals surface area contributed by atoms with E-state index in [1.54, 1.807) is 12.1 Å². The Morgan fingerprint density at radius 3 is 2.82 bits per heavy atom. The largest absolute Gasteiger partial charge is 0.459 e. The van der Waals surface area contributed by atoms with Crippen molar-refractivity contribution in [3.05, 3.63) is 24.2 Å². The molecule has 0 aliphatic carbocycles. The monoisotopic (exact) mass is 307 g/mol. The average molecular weight is 307 g/mol. The minimum atomic E-state index is -0.276. The van der Waals surface area contributed by atoms with Gasteiger partial charge in [-0.1, -0.05) is 6.92 Å². The van der Waals surface area contributed by atoms with E-state index in [9.17, 15) is 9.59 Å². The summed E-state index contributed by atoms with van der Waals surface area (Å²) in [5, 5.41) is 6.04. The van der Waals surface area contributed by atoms with Gasteiger partial charge in [-0.15, -0.1) is 0 Å². The Hall–Kier alpha value is -1.82. The van der Waals surface area contributed by atoms with E-state index in [2.05, 4.69) is 17.6 Å². The molecule has 6 nitrogen and oxygen atoms in total. The molecule has 2 N–H and O–H groups in total. The van der Waals surface area contributed by atoms with Crippen LogP contribution in [0.3, 0.4) is 0 Å². The summed E-state index contributed by atoms with van der Waals surface area (Å²) in [5.74, 6) is 0.117. The van der Waals surface area contributed by atoms with Gasteiger partial charge in [0.05, 0.1) is 6.26 Å². The second-order valence-electron chi connectivity index (χ2n) is 5.55. The second kappa shape index (κ2) is 8.58. The molecule has 1 fully saturated rings. The third-order valence-corrected chi connectivity index (χ3v) is 3.90. The van der Waals surface area contributed by atoms with Gasteiger partial charge in [-0.2, -0.15) is 0 Å². The van der Waals surface area contributed by atoms with Crippen molar-refractivity contribution in [3.63, 3.8) is 0 Å². The van der Waals surface area contributed by atoms with Crippen molar-refractivity contribution in [2.75, 3.05) is 26.2 Å². The van der Waals surface area contributed by atoms with E-state index < -0.39 is 0 Å². The van der Waals surface area contributed by atoms with E-state index >= 15 is 0 Å². The molecule has 1 aromatic heterocycles. The molecule has 6 heteroatoms. The smallest absolute Gasteiger partial charge is 0.286 e. The third-order valence-electron chi connectivity index (χ3n) is 3.90. The van der Waals surface area contributed by atoms with Gasteiger partial charge < -0.3 is 20.0 Å². The SMILES string of the molecule is CCCN(C(=O)CCNC(=O)c1ccco1)C1CCNCC1. The van der Waals surface area contributed by atoms with Crippen molar-refractivity contribution in [2.24, 2.45) is 0 Å². The summed E-state index contributed by atoms with van der Waals surface area (Å²) in [7, 11) is 0. The van der Waals surface area contributed by atoms with Crippen LogP contribution in [0.4, 0.5) is 0 Å². The highest BCUT2D eigenvalue weighted by Crippen LogP contribution is 2.13. The molecule has 122 valence electrons. The lowest BCUT2D eigenvalue weighted by Crippen LogP contribution is -2.47. The van der Waals surface area contributed by atoms with Crippen molar-refractivity contribution in [3.8, 4) is 0 Å². The molecular formula is C16H25N3O3. The number of rotatable bonds is 7. The van der Waals surface area contributed by atoms with Gasteiger partial charge in [-0.25, -0.2) is 0 Å². The minimum Gasteiger partial charge on any atom is -0.459 e. The Labute approximate surface area is 131 Å². The topological polar surface area (TPSA) is 74.6 Å². The van der Waals surface area contributed by atoms with Gasteiger partial charge in [0.2, 0.25) is 5.91 Å². The summed E-state index contributed by atoms with van der Waals surface area (Å²) < 4.78 is 5.02. The molecule has 0 radical (unpaired) electrons. The molecule has 0 atom stereocenters. The lowest BCUT2D eigenvalue weighted by atomic mass is 10.0. The maximum atomic E-state index is 12.4. The third kappa shape index (κ3) is 4.59. The molecule has 0 saturated carbocycles. The number of hydrogen-bond acceptors (Lipinski definition) is 4. The number of nitrogens with one attached hydrogen (secondary N) is 2. The molecule has 2 rings (SSSR count). The van der Waals surface area contributed by atoms with Crippen LogP contribution in [0.15, 0.2) is 22.8 Å². The molecule has 1 aliphatic heterocycles. The molecular weight excluding hydrogens is 282 g/mol. The predicted octanol–water partition coefficient (Wildman–Crippen LogP) is 1.39. The van der Waals surface area contributed by atoms with Crippen LogP contribution in [0.1, 0.15) is 43.2 Å². The maximum absolute atomic E-state index is 12.4. The van der Waals surface area contributed by atoms with E-state index in [4.69, 9.17) is 4.42 Å². The van der Waals surface area contributed by atoms with Crippen LogP contribution in [-0.4, -0.2) is 48.9 Å². The zero-order chi connectivity index (χ0) is 15.8. The van der Waals surface area contributed by atoms with E-state index in [0.29, 0.717) is 19.0 Å². The summed E-state index contributed by atoms with van der Waals surface area (Å²) >= 11 is 0. The number of nitrogens with zero attached hydrogens (tertiary/aromatic N) is 1. The van der Waals surface area contributed by atoms with Crippen molar-refractivity contribution in [1.29, 1.82) is 0 Å². The predicted molar refractivity (Wildman–Crippen MR) is 83.6 cm³/mol. The van der Waals surface area contributed by atoms with Crippen molar-refractivity contribution >= 4 is 11.8 Å². The van der Waals surface area contributed by atoms with E-state index in [0.717, 1.165) is 38.9 Å². The minimum absolute atomic E-state index is 0.119. The number of furan rings is 1. The summed E-state index contributed by atoms with van der Waals surface area (Å²) in [4.78, 5) is 26.2. The quantitative estimate of drug-likeness (QED) is 0.798. The number of carbonyl (C=O) groups is 2. The number of amides is 2. The maximum Gasteiger partial charge on any atom is 0.286 e. The summed E-state index contributed by atoms with van der Waals surface area (Å²) in [6.45, 7) is 5.14. The number of carbonyl (C=O) groups excluding carboxylic acids is 2. The first kappa shape index (κ1) is 16.5. The molecule has 0 bridgehead atoms. The average Bonchev–Trinajstić information content (AvgIpc) is 3.07. The highest BCUT2D eigenvalue weighted by Gasteiger charge is 2.24. The summed E-state index contributed by atoms with van der Waals surface area (Å²) in [5.41, 5.74) is 0. The Kier molecular flexibility index (Phi) is 6.45. The van der Waals surface area contributed by atoms with Crippen molar-refractivity contribution in [1.82, 2.24) is 15.5 Å². The van der Waals surface area contributed by atoms with Gasteiger partial charge in [-0.05, 0) is 44.5 Å². The molecule has 0 spiro atoms. The number of hydrogen-bond donors (Lipinski definition) is 2. The fraction of sp³-hybridized carbons (Fsp3) is 0.625. The summed E-state index contributed by atoms with van der Waals surface area (Å²) in [6, 6.07) is 3.60. The second-order valence-corrected chi connectivity index (χ2v) is 5.55. The van der Waals surface area contributed by atoms with Crippen molar-refractivity contribution in [2.45, 2.75) is 38.6 Å². The van der Waals surface area contributed by atoms with Gasteiger partial charge in [-0.3, -0.25) is 9.59 Å². The molecule has 2 amide bonds. The van der Waals surface area contributed by atoms with Crippen LogP contribution in [0, 0.1) is 0 Å². The first-order valence-corrected chi connectivity index (χ1v) is 8.04. The zero-order valence-corrected chi connectivity index (χ0v) is 13.1. The first-order chi connectivity index (χ1) is 10.7. The van der Waals surface area contributed by atoms with Crippen LogP contribution < -0.4 is 10.6 Å². The highest BCUT2D eigenvalue weighted by atomic mass is 16.3. The zero-order valence-electron chi connectivity index (χ0n) is 13.1. The molecule has 1 aromatic rings. The first-order valence-electron chi connectivity index (χ1n) is 8.04. The molecule has 0 unspecified atom stereocenters. The molecule has 22 heavy (non-hydrogen) atoms. The van der Waals surface area contributed by atoms with Crippen LogP contribution >= 0.6 is 0 Å². The van der Waals surface area contributed by atoms with Gasteiger partial charge in [0.15, 0.2) is 5.76 Å². The standard InChI is InChI=1S/C16H25N3O3/c1-2-11-19(13-5-8-17-9-6-13)15(20)7-10-18-16(21)14-4-3-12-22-14/h3-4,12-13,17H,2,5-11H2,1H3,(H,18,21). The van der Waals surface area contributed by atoms with Crippen LogP contribution in [0.25, 0.3) is 0 Å². The van der Waals surface area contributed by atoms with Crippen LogP contribution in [0.2, 0.25) is 0 Å². The van der Waals surface area contributed by atoms with Gasteiger partial charge >= 0.3 is 0 Å². The molecule has 2 heterocycles. The highest BCUT2D eigenvalue weighted by molar-refractivity contribution is 5.91. The van der Waals surface area contributed by atoms with Crippen LogP contribution in [0.5, 0.6) is 0 Å². The fourth-order valence-electron chi connectivity index (χ4n) is 2.79. The summed E-state index contributed by atoms with van der Waals surface area (Å²) in [6.07, 6.45) is 4.75. The van der Waals surface area contributed by atoms with Gasteiger partial charge in [0.1, 0.15) is 0 Å². The normalized spacial score (nSPS) is 15.5. The Bertz CT molecular complexity index is 467. The fourth-order valence-corrected chi connectivity index (χ4v) is 2.79. The Morgan fingerprint density at radius 1 is 1.41 bits per heavy atom. The van der Waals surface area contributed by atoms with Gasteiger partial charge in [0, 0.05) is 25.6 Å². The van der Waals surface area contributed by atoms with Gasteiger partial charge in [0.25, 0.3) is 5.91 Å². The molecule has 1 saturated heterocycles. The lowest BCUT2D eigenvalue weighted by molar-refractivity contribution is -0.134. The number of piperidine rings is 1. The molecule has 1 aliphatic rings. The van der Waals surface area contributed by atoms with E-state index in [-0.39, 0.29) is 17.6 Å². The van der Waals surface area contributed by atoms with E-state index in [1.165, 1.54) is 6.26 Å². The van der Waals surface area contributed by atoms with Crippen LogP contribution in [-0.2, 0) is 4.79 Å². The lowest BCUT2D eigenvalue weighted by Gasteiger charge is -2.34. The Balaban J connectivity index is 1.79. The van der Waals surface area contributed by atoms with Crippen molar-refractivity contribution < 1.29 is 14.0 Å². The van der Waals surface area contributed by atoms with E-state index in [1.807, 2.05) is 4.90 Å². The molecule has 0 aromatic carbocycles.